The molecule has 1 heterocycles. The van der Waals surface area contributed by atoms with Gasteiger partial charge in [0.25, 0.3) is 0 Å². The van der Waals surface area contributed by atoms with Gasteiger partial charge in [-0.25, -0.2) is 4.98 Å². The van der Waals surface area contributed by atoms with Gasteiger partial charge in [-0.05, 0) is 37.1 Å². The van der Waals surface area contributed by atoms with Crippen LogP contribution in [0.4, 0.5) is 5.82 Å². The van der Waals surface area contributed by atoms with Crippen LogP contribution in [-0.2, 0) is 6.54 Å². The Labute approximate surface area is 105 Å². The van der Waals surface area contributed by atoms with E-state index in [2.05, 4.69) is 55.2 Å². The molecule has 0 radical (unpaired) electrons. The molecular formula is C14H25N3. The molecular weight excluding hydrogens is 210 g/mol. The highest BCUT2D eigenvalue weighted by molar-refractivity contribution is 5.42. The molecule has 1 aromatic heterocycles. The third kappa shape index (κ3) is 4.73. The van der Waals surface area contributed by atoms with Gasteiger partial charge in [0.2, 0.25) is 0 Å². The summed E-state index contributed by atoms with van der Waals surface area (Å²) in [5, 5.41) is 3.18. The first-order chi connectivity index (χ1) is 7.81. The van der Waals surface area contributed by atoms with Crippen molar-refractivity contribution in [1.82, 2.24) is 10.3 Å². The van der Waals surface area contributed by atoms with Crippen LogP contribution in [-0.4, -0.2) is 25.6 Å². The lowest BCUT2D eigenvalue weighted by Crippen LogP contribution is -2.30. The Kier molecular flexibility index (Phi) is 4.52. The van der Waals surface area contributed by atoms with Gasteiger partial charge in [0.05, 0.1) is 0 Å². The van der Waals surface area contributed by atoms with Gasteiger partial charge in [-0.1, -0.05) is 20.8 Å². The van der Waals surface area contributed by atoms with E-state index in [1.54, 1.807) is 0 Å². The van der Waals surface area contributed by atoms with Crippen molar-refractivity contribution in [3.63, 3.8) is 0 Å². The van der Waals surface area contributed by atoms with Crippen molar-refractivity contribution in [2.24, 2.45) is 5.41 Å². The van der Waals surface area contributed by atoms with Crippen LogP contribution in [0.3, 0.4) is 0 Å². The molecule has 96 valence electrons. The van der Waals surface area contributed by atoms with Gasteiger partial charge in [0, 0.05) is 25.8 Å². The van der Waals surface area contributed by atoms with Gasteiger partial charge in [0.1, 0.15) is 5.82 Å². The predicted molar refractivity (Wildman–Crippen MR) is 74.5 cm³/mol. The molecule has 0 bridgehead atoms. The first-order valence-corrected chi connectivity index (χ1v) is 6.15. The molecule has 0 aromatic carbocycles. The van der Waals surface area contributed by atoms with Gasteiger partial charge in [-0.15, -0.1) is 0 Å². The van der Waals surface area contributed by atoms with Gasteiger partial charge in [0.15, 0.2) is 0 Å². The lowest BCUT2D eigenvalue weighted by Gasteiger charge is -2.28. The van der Waals surface area contributed by atoms with Crippen LogP contribution < -0.4 is 10.2 Å². The summed E-state index contributed by atoms with van der Waals surface area (Å²) < 4.78 is 0. The van der Waals surface area contributed by atoms with E-state index in [-0.39, 0.29) is 5.41 Å². The van der Waals surface area contributed by atoms with Crippen LogP contribution >= 0.6 is 0 Å². The fraction of sp³-hybridized carbons (Fsp3) is 0.643. The zero-order valence-electron chi connectivity index (χ0n) is 12.0. The minimum Gasteiger partial charge on any atom is -0.359 e. The summed E-state index contributed by atoms with van der Waals surface area (Å²) in [6.45, 7) is 10.7. The van der Waals surface area contributed by atoms with Crippen molar-refractivity contribution in [3.05, 3.63) is 23.4 Å². The second-order valence-electron chi connectivity index (χ2n) is 5.92. The number of anilines is 1. The third-order valence-electron chi connectivity index (χ3n) is 2.48. The van der Waals surface area contributed by atoms with Crippen LogP contribution in [0, 0.1) is 12.3 Å². The quantitative estimate of drug-likeness (QED) is 0.869. The maximum absolute atomic E-state index is 4.60. The molecule has 0 unspecified atom stereocenters. The third-order valence-corrected chi connectivity index (χ3v) is 2.48. The van der Waals surface area contributed by atoms with E-state index >= 15 is 0 Å². The average molecular weight is 235 g/mol. The molecule has 1 N–H and O–H groups in total. The van der Waals surface area contributed by atoms with Crippen molar-refractivity contribution >= 4 is 5.82 Å². The maximum Gasteiger partial charge on any atom is 0.128 e. The largest absolute Gasteiger partial charge is 0.359 e. The van der Waals surface area contributed by atoms with Crippen LogP contribution in [0.1, 0.15) is 32.0 Å². The lowest BCUT2D eigenvalue weighted by molar-refractivity contribution is 0.417. The molecule has 3 nitrogen and oxygen atoms in total. The molecule has 1 aromatic rings. The smallest absolute Gasteiger partial charge is 0.128 e. The zero-order chi connectivity index (χ0) is 13.1. The Bertz CT molecular complexity index is 366. The maximum atomic E-state index is 4.60. The summed E-state index contributed by atoms with van der Waals surface area (Å²) in [6, 6.07) is 4.29. The van der Waals surface area contributed by atoms with Crippen molar-refractivity contribution in [3.8, 4) is 0 Å². The first-order valence-electron chi connectivity index (χ1n) is 6.15. The van der Waals surface area contributed by atoms with Gasteiger partial charge in [-0.2, -0.15) is 0 Å². The summed E-state index contributed by atoms with van der Waals surface area (Å²) in [5.41, 5.74) is 2.65. The van der Waals surface area contributed by atoms with Crippen molar-refractivity contribution < 1.29 is 0 Å². The molecule has 0 amide bonds. The van der Waals surface area contributed by atoms with Crippen LogP contribution in [0.15, 0.2) is 12.1 Å². The number of pyridine rings is 1. The molecule has 0 aliphatic rings. The lowest BCUT2D eigenvalue weighted by atomic mass is 9.96. The average Bonchev–Trinajstić information content (AvgIpc) is 2.14. The number of aromatic nitrogens is 1. The minimum atomic E-state index is 0.281. The summed E-state index contributed by atoms with van der Waals surface area (Å²) in [5.74, 6) is 1.06. The van der Waals surface area contributed by atoms with Gasteiger partial charge in [-0.3, -0.25) is 0 Å². The number of hydrogen-bond donors (Lipinski definition) is 1. The van der Waals surface area contributed by atoms with Crippen LogP contribution in [0.5, 0.6) is 0 Å². The number of aryl methyl sites for hydroxylation is 1. The summed E-state index contributed by atoms with van der Waals surface area (Å²) >= 11 is 0. The number of nitrogens with zero attached hydrogens (tertiary/aromatic N) is 2. The van der Waals surface area contributed by atoms with Crippen molar-refractivity contribution in [2.45, 2.75) is 34.2 Å². The van der Waals surface area contributed by atoms with Gasteiger partial charge >= 0.3 is 0 Å². The van der Waals surface area contributed by atoms with E-state index in [4.69, 9.17) is 0 Å². The summed E-state index contributed by atoms with van der Waals surface area (Å²) in [4.78, 5) is 6.83. The fourth-order valence-electron chi connectivity index (χ4n) is 2.02. The van der Waals surface area contributed by atoms with E-state index in [9.17, 15) is 0 Å². The predicted octanol–water partition coefficient (Wildman–Crippen LogP) is 2.59. The second kappa shape index (κ2) is 5.50. The van der Waals surface area contributed by atoms with E-state index in [0.29, 0.717) is 0 Å². The molecule has 1 rings (SSSR count). The second-order valence-corrected chi connectivity index (χ2v) is 5.92. The normalized spacial score (nSPS) is 11.6. The van der Waals surface area contributed by atoms with Crippen molar-refractivity contribution in [2.75, 3.05) is 25.5 Å². The first kappa shape index (κ1) is 14.0. The Morgan fingerprint density at radius 1 is 1.29 bits per heavy atom. The molecule has 0 saturated heterocycles. The van der Waals surface area contributed by atoms with E-state index in [1.165, 1.54) is 5.56 Å². The summed E-state index contributed by atoms with van der Waals surface area (Å²) in [6.07, 6.45) is 0. The SMILES string of the molecule is CNCc1cc(C)nc(N(C)CC(C)(C)C)c1. The molecule has 0 atom stereocenters. The Balaban J connectivity index is 2.89. The number of nitrogens with one attached hydrogen (secondary N) is 1. The standard InChI is InChI=1S/C14H25N3/c1-11-7-12(9-15-5)8-13(16-11)17(6)10-14(2,3)4/h7-8,15H,9-10H2,1-6H3. The monoisotopic (exact) mass is 235 g/mol. The molecule has 0 saturated carbocycles. The Morgan fingerprint density at radius 3 is 2.47 bits per heavy atom. The van der Waals surface area contributed by atoms with Crippen LogP contribution in [0.25, 0.3) is 0 Å². The highest BCUT2D eigenvalue weighted by Crippen LogP contribution is 2.20. The molecule has 0 fully saturated rings. The molecule has 0 spiro atoms. The van der Waals surface area contributed by atoms with E-state index in [0.717, 1.165) is 24.6 Å². The Morgan fingerprint density at radius 2 is 1.94 bits per heavy atom. The van der Waals surface area contributed by atoms with E-state index in [1.807, 2.05) is 14.0 Å². The highest BCUT2D eigenvalue weighted by atomic mass is 15.2. The number of rotatable bonds is 4. The summed E-state index contributed by atoms with van der Waals surface area (Å²) in [7, 11) is 4.07. The fourth-order valence-corrected chi connectivity index (χ4v) is 2.02. The zero-order valence-corrected chi connectivity index (χ0v) is 12.0. The van der Waals surface area contributed by atoms with E-state index < -0.39 is 0 Å². The Hall–Kier alpha value is -1.09. The molecule has 17 heavy (non-hydrogen) atoms. The number of hydrogen-bond acceptors (Lipinski definition) is 3. The topological polar surface area (TPSA) is 28.2 Å². The van der Waals surface area contributed by atoms with Crippen molar-refractivity contribution in [1.29, 1.82) is 0 Å². The molecule has 0 aliphatic carbocycles. The minimum absolute atomic E-state index is 0.281. The van der Waals surface area contributed by atoms with Crippen LogP contribution in [0.2, 0.25) is 0 Å². The highest BCUT2D eigenvalue weighted by Gasteiger charge is 2.15. The molecule has 0 aliphatic heterocycles. The molecule has 3 heteroatoms. The van der Waals surface area contributed by atoms with Gasteiger partial charge < -0.3 is 10.2 Å².